The van der Waals surface area contributed by atoms with Gasteiger partial charge in [-0.3, -0.25) is 0 Å². The molecule has 0 aliphatic carbocycles. The Hall–Kier alpha value is -1.17. The molecule has 0 amide bonds. The van der Waals surface area contributed by atoms with E-state index in [1.54, 1.807) is 6.07 Å². The molecule has 8 heteroatoms. The van der Waals surface area contributed by atoms with Crippen LogP contribution in [-0.2, 0) is 10.0 Å². The van der Waals surface area contributed by atoms with Crippen LogP contribution in [0.1, 0.15) is 12.0 Å². The van der Waals surface area contributed by atoms with Gasteiger partial charge < -0.3 is 10.2 Å². The number of nitrogens with zero attached hydrogens (tertiary/aromatic N) is 2. The zero-order valence-corrected chi connectivity index (χ0v) is 12.0. The molecule has 1 heterocycles. The lowest BCUT2D eigenvalue weighted by Gasteiger charge is -2.21. The van der Waals surface area contributed by atoms with E-state index in [0.717, 1.165) is 4.31 Å². The molecule has 0 bridgehead atoms. The predicted molar refractivity (Wildman–Crippen MR) is 71.6 cm³/mol. The zero-order chi connectivity index (χ0) is 15.0. The molecule has 1 aromatic carbocycles. The third kappa shape index (κ3) is 2.66. The van der Waals surface area contributed by atoms with Crippen molar-refractivity contribution < 1.29 is 18.6 Å². The van der Waals surface area contributed by atoms with E-state index in [1.165, 1.54) is 18.2 Å². The molecule has 0 aromatic heterocycles. The van der Waals surface area contributed by atoms with E-state index >= 15 is 0 Å². The maximum atomic E-state index is 12.5. The summed E-state index contributed by atoms with van der Waals surface area (Å²) in [6, 6.07) is 5.74. The van der Waals surface area contributed by atoms with Gasteiger partial charge in [-0.25, -0.2) is 8.42 Å². The molecule has 0 saturated carbocycles. The number of halogens is 1. The molecule has 1 aliphatic rings. The second-order valence-electron chi connectivity index (χ2n) is 4.72. The number of aliphatic hydroxyl groups excluding tert-OH is 1. The van der Waals surface area contributed by atoms with Crippen LogP contribution in [0.2, 0.25) is 5.02 Å². The number of β-amino-alcohol motifs (C(OH)–C–C–N with tert-alkyl or cyclic N) is 1. The van der Waals surface area contributed by atoms with Crippen molar-refractivity contribution in [3.05, 3.63) is 28.8 Å². The number of nitriles is 1. The molecule has 108 valence electrons. The molecule has 0 radical (unpaired) electrons. The summed E-state index contributed by atoms with van der Waals surface area (Å²) in [5.74, 6) is 0. The van der Waals surface area contributed by atoms with E-state index in [0.29, 0.717) is 0 Å². The fourth-order valence-corrected chi connectivity index (χ4v) is 3.92. The van der Waals surface area contributed by atoms with Gasteiger partial charge in [-0.15, -0.1) is 0 Å². The van der Waals surface area contributed by atoms with Crippen LogP contribution < -0.4 is 0 Å². The molecular weight excluding hydrogens is 304 g/mol. The smallest absolute Gasteiger partial charge is 0.244 e. The highest BCUT2D eigenvalue weighted by Gasteiger charge is 2.41. The van der Waals surface area contributed by atoms with E-state index in [1.807, 2.05) is 0 Å². The Morgan fingerprint density at radius 2 is 2.20 bits per heavy atom. The number of rotatable bonds is 3. The lowest BCUT2D eigenvalue weighted by molar-refractivity contribution is -0.000734. The van der Waals surface area contributed by atoms with Crippen molar-refractivity contribution in [3.63, 3.8) is 0 Å². The lowest BCUT2D eigenvalue weighted by Crippen LogP contribution is -2.38. The van der Waals surface area contributed by atoms with Crippen LogP contribution in [0.5, 0.6) is 0 Å². The Bertz CT molecular complexity index is 671. The first-order valence-corrected chi connectivity index (χ1v) is 7.67. The van der Waals surface area contributed by atoms with Gasteiger partial charge in [0, 0.05) is 18.1 Å². The Kier molecular flexibility index (Phi) is 4.04. The molecule has 2 rings (SSSR count). The van der Waals surface area contributed by atoms with Crippen LogP contribution in [0.4, 0.5) is 0 Å². The maximum Gasteiger partial charge on any atom is 0.244 e. The molecular formula is C12H13ClN2O4S. The minimum atomic E-state index is -3.90. The third-order valence-electron chi connectivity index (χ3n) is 3.27. The first-order valence-electron chi connectivity index (χ1n) is 5.85. The number of sulfonamides is 1. The summed E-state index contributed by atoms with van der Waals surface area (Å²) in [7, 11) is -3.90. The SMILES string of the molecule is N#Cc1cc(Cl)ccc1S(=O)(=O)N1CCC(O)(CO)C1. The Morgan fingerprint density at radius 3 is 2.75 bits per heavy atom. The Morgan fingerprint density at radius 1 is 1.50 bits per heavy atom. The molecule has 1 saturated heterocycles. The van der Waals surface area contributed by atoms with E-state index in [2.05, 4.69) is 0 Å². The average molecular weight is 317 g/mol. The topological polar surface area (TPSA) is 102 Å². The molecule has 1 unspecified atom stereocenters. The van der Waals surface area contributed by atoms with E-state index in [9.17, 15) is 13.5 Å². The van der Waals surface area contributed by atoms with Crippen molar-refractivity contribution in [3.8, 4) is 6.07 Å². The van der Waals surface area contributed by atoms with Crippen molar-refractivity contribution in [2.24, 2.45) is 0 Å². The summed E-state index contributed by atoms with van der Waals surface area (Å²) < 4.78 is 26.0. The fourth-order valence-electron chi connectivity index (χ4n) is 2.11. The average Bonchev–Trinajstić information content (AvgIpc) is 2.82. The van der Waals surface area contributed by atoms with Gasteiger partial charge in [0.15, 0.2) is 0 Å². The predicted octanol–water partition coefficient (Wildman–Crippen LogP) is 0.329. The highest BCUT2D eigenvalue weighted by atomic mass is 35.5. The standard InChI is InChI=1S/C12H13ClN2O4S/c13-10-1-2-11(9(5-10)6-14)20(18,19)15-4-3-12(17,7-15)8-16/h1-2,5,16-17H,3-4,7-8H2. The Labute approximate surface area is 121 Å². The minimum absolute atomic E-state index is 0.0445. The van der Waals surface area contributed by atoms with Crippen LogP contribution >= 0.6 is 11.6 Å². The van der Waals surface area contributed by atoms with Crippen molar-refractivity contribution in [2.45, 2.75) is 16.9 Å². The molecule has 6 nitrogen and oxygen atoms in total. The summed E-state index contributed by atoms with van der Waals surface area (Å²) in [5, 5.41) is 28.3. The number of hydrogen-bond acceptors (Lipinski definition) is 5. The second-order valence-corrected chi connectivity index (χ2v) is 7.07. The first kappa shape index (κ1) is 15.2. The normalized spacial score (nSPS) is 23.7. The monoisotopic (exact) mass is 316 g/mol. The van der Waals surface area contributed by atoms with Gasteiger partial charge in [-0.1, -0.05) is 11.6 Å². The molecule has 20 heavy (non-hydrogen) atoms. The Balaban J connectivity index is 2.40. The van der Waals surface area contributed by atoms with Crippen LogP contribution in [-0.4, -0.2) is 48.2 Å². The fraction of sp³-hybridized carbons (Fsp3) is 0.417. The van der Waals surface area contributed by atoms with Gasteiger partial charge >= 0.3 is 0 Å². The van der Waals surface area contributed by atoms with E-state index in [-0.39, 0.29) is 35.0 Å². The first-order chi connectivity index (χ1) is 9.32. The van der Waals surface area contributed by atoms with Gasteiger partial charge in [0.1, 0.15) is 16.6 Å². The summed E-state index contributed by atoms with van der Waals surface area (Å²) >= 11 is 5.74. The molecule has 1 atom stereocenters. The van der Waals surface area contributed by atoms with Gasteiger partial charge in [-0.2, -0.15) is 9.57 Å². The van der Waals surface area contributed by atoms with Gasteiger partial charge in [0.2, 0.25) is 10.0 Å². The van der Waals surface area contributed by atoms with Crippen molar-refractivity contribution in [1.29, 1.82) is 5.26 Å². The molecule has 0 spiro atoms. The van der Waals surface area contributed by atoms with Crippen molar-refractivity contribution in [2.75, 3.05) is 19.7 Å². The largest absolute Gasteiger partial charge is 0.393 e. The van der Waals surface area contributed by atoms with Crippen molar-refractivity contribution >= 4 is 21.6 Å². The van der Waals surface area contributed by atoms with Crippen molar-refractivity contribution in [1.82, 2.24) is 4.31 Å². The summed E-state index contributed by atoms with van der Waals surface area (Å²) in [6.07, 6.45) is 0.151. The molecule has 1 aliphatic heterocycles. The summed E-state index contributed by atoms with van der Waals surface area (Å²) in [6.45, 7) is -0.614. The van der Waals surface area contributed by atoms with Crippen LogP contribution in [0.15, 0.2) is 23.1 Å². The quantitative estimate of drug-likeness (QED) is 0.836. The molecule has 2 N–H and O–H groups in total. The van der Waals surface area contributed by atoms with Gasteiger partial charge in [-0.05, 0) is 24.6 Å². The second kappa shape index (κ2) is 5.31. The van der Waals surface area contributed by atoms with E-state index < -0.39 is 22.2 Å². The van der Waals surface area contributed by atoms with E-state index in [4.69, 9.17) is 22.0 Å². The number of benzene rings is 1. The third-order valence-corrected chi connectivity index (χ3v) is 5.41. The number of aliphatic hydroxyl groups is 2. The van der Waals surface area contributed by atoms with Crippen LogP contribution in [0.3, 0.4) is 0 Å². The lowest BCUT2D eigenvalue weighted by atomic mass is 10.1. The maximum absolute atomic E-state index is 12.5. The van der Waals surface area contributed by atoms with Crippen LogP contribution in [0, 0.1) is 11.3 Å². The summed E-state index contributed by atoms with van der Waals surface area (Å²) in [4.78, 5) is -0.147. The van der Waals surface area contributed by atoms with Crippen LogP contribution in [0.25, 0.3) is 0 Å². The molecule has 1 aromatic rings. The molecule has 1 fully saturated rings. The number of hydrogen-bond donors (Lipinski definition) is 2. The van der Waals surface area contributed by atoms with Gasteiger partial charge in [0.05, 0.1) is 12.2 Å². The highest BCUT2D eigenvalue weighted by Crippen LogP contribution is 2.29. The minimum Gasteiger partial charge on any atom is -0.393 e. The highest BCUT2D eigenvalue weighted by molar-refractivity contribution is 7.89. The van der Waals surface area contributed by atoms with Gasteiger partial charge in [0.25, 0.3) is 0 Å². The zero-order valence-electron chi connectivity index (χ0n) is 10.5. The summed E-state index contributed by atoms with van der Waals surface area (Å²) in [5.41, 5.74) is -1.47.